The molecule has 0 aromatic carbocycles. The van der Waals surface area contributed by atoms with Crippen molar-refractivity contribution in [3.05, 3.63) is 6.33 Å². The molecule has 1 fully saturated rings. The van der Waals surface area contributed by atoms with Gasteiger partial charge in [0, 0.05) is 19.1 Å². The van der Waals surface area contributed by atoms with Crippen LogP contribution in [0.3, 0.4) is 0 Å². The summed E-state index contributed by atoms with van der Waals surface area (Å²) in [5.41, 5.74) is 7.37. The van der Waals surface area contributed by atoms with Crippen LogP contribution in [-0.2, 0) is 4.74 Å². The Morgan fingerprint density at radius 2 is 2.00 bits per heavy atom. The molecule has 7 nitrogen and oxygen atoms in total. The molecule has 0 aliphatic carbocycles. The van der Waals surface area contributed by atoms with Crippen LogP contribution in [0.2, 0.25) is 0 Å². The monoisotopic (exact) mass is 262 g/mol. The van der Waals surface area contributed by atoms with E-state index in [0.717, 1.165) is 37.9 Å². The number of hydrogen-bond donors (Lipinski definition) is 1. The highest BCUT2D eigenvalue weighted by Crippen LogP contribution is 2.27. The van der Waals surface area contributed by atoms with E-state index in [-0.39, 0.29) is 6.04 Å². The second-order valence-corrected chi connectivity index (χ2v) is 4.91. The standard InChI is InChI=1S/C12H18N6O/c1-8(2)18-11-9(10(13)14-7-15-11)16-12(18)17-3-5-19-6-4-17/h7-8H,3-6H2,1-2H3,(H2,13,14,15). The molecule has 1 aliphatic rings. The predicted octanol–water partition coefficient (Wildman–Crippen LogP) is 0.826. The van der Waals surface area contributed by atoms with Crippen LogP contribution in [0.1, 0.15) is 19.9 Å². The number of morpholine rings is 1. The summed E-state index contributed by atoms with van der Waals surface area (Å²) in [6, 6.07) is 0.261. The second kappa shape index (κ2) is 4.65. The van der Waals surface area contributed by atoms with Crippen molar-refractivity contribution >= 4 is 22.9 Å². The number of rotatable bonds is 2. The van der Waals surface area contributed by atoms with Gasteiger partial charge in [-0.25, -0.2) is 15.0 Å². The van der Waals surface area contributed by atoms with E-state index in [1.165, 1.54) is 6.33 Å². The van der Waals surface area contributed by atoms with Crippen molar-refractivity contribution in [2.45, 2.75) is 19.9 Å². The van der Waals surface area contributed by atoms with E-state index < -0.39 is 0 Å². The maximum Gasteiger partial charge on any atom is 0.208 e. The van der Waals surface area contributed by atoms with E-state index in [4.69, 9.17) is 10.5 Å². The lowest BCUT2D eigenvalue weighted by Crippen LogP contribution is -2.38. The molecule has 2 N–H and O–H groups in total. The number of nitrogens with zero attached hydrogens (tertiary/aromatic N) is 5. The van der Waals surface area contributed by atoms with Gasteiger partial charge in [0.05, 0.1) is 13.2 Å². The van der Waals surface area contributed by atoms with E-state index in [2.05, 4.69) is 38.3 Å². The number of aromatic nitrogens is 4. The Morgan fingerprint density at radius 1 is 1.26 bits per heavy atom. The maximum absolute atomic E-state index is 5.90. The summed E-state index contributed by atoms with van der Waals surface area (Å²) in [5.74, 6) is 1.33. The van der Waals surface area contributed by atoms with Gasteiger partial charge in [-0.3, -0.25) is 4.57 Å². The number of nitrogens with two attached hydrogens (primary N) is 1. The van der Waals surface area contributed by atoms with Gasteiger partial charge in [-0.1, -0.05) is 0 Å². The molecule has 3 rings (SSSR count). The third-order valence-corrected chi connectivity index (χ3v) is 3.30. The van der Waals surface area contributed by atoms with Crippen LogP contribution in [0.25, 0.3) is 11.2 Å². The fraction of sp³-hybridized carbons (Fsp3) is 0.583. The van der Waals surface area contributed by atoms with Crippen LogP contribution in [0.15, 0.2) is 6.33 Å². The smallest absolute Gasteiger partial charge is 0.208 e. The number of hydrogen-bond acceptors (Lipinski definition) is 6. The van der Waals surface area contributed by atoms with Crippen molar-refractivity contribution in [1.82, 2.24) is 19.5 Å². The van der Waals surface area contributed by atoms with Crippen LogP contribution < -0.4 is 10.6 Å². The molecular weight excluding hydrogens is 244 g/mol. The fourth-order valence-electron chi connectivity index (χ4n) is 2.38. The highest BCUT2D eigenvalue weighted by molar-refractivity contribution is 5.84. The molecule has 0 amide bonds. The van der Waals surface area contributed by atoms with Crippen LogP contribution in [0.4, 0.5) is 11.8 Å². The summed E-state index contributed by atoms with van der Waals surface area (Å²) in [5, 5.41) is 0. The lowest BCUT2D eigenvalue weighted by molar-refractivity contribution is 0.121. The van der Waals surface area contributed by atoms with Crippen molar-refractivity contribution < 1.29 is 4.74 Å². The lowest BCUT2D eigenvalue weighted by atomic mass is 10.3. The first kappa shape index (κ1) is 12.2. The highest BCUT2D eigenvalue weighted by Gasteiger charge is 2.22. The highest BCUT2D eigenvalue weighted by atomic mass is 16.5. The minimum absolute atomic E-state index is 0.261. The first-order valence-corrected chi connectivity index (χ1v) is 6.49. The van der Waals surface area contributed by atoms with Crippen molar-refractivity contribution in [3.63, 3.8) is 0 Å². The summed E-state index contributed by atoms with van der Waals surface area (Å²) in [6.07, 6.45) is 1.49. The molecule has 0 unspecified atom stereocenters. The molecule has 3 heterocycles. The summed E-state index contributed by atoms with van der Waals surface area (Å²) < 4.78 is 7.50. The fourth-order valence-corrected chi connectivity index (χ4v) is 2.38. The average molecular weight is 262 g/mol. The normalized spacial score (nSPS) is 16.5. The Labute approximate surface area is 111 Å². The van der Waals surface area contributed by atoms with Crippen molar-refractivity contribution in [2.24, 2.45) is 0 Å². The Bertz CT molecular complexity index is 587. The Morgan fingerprint density at radius 3 is 2.68 bits per heavy atom. The molecule has 0 radical (unpaired) electrons. The number of anilines is 2. The van der Waals surface area contributed by atoms with Gasteiger partial charge in [-0.2, -0.15) is 0 Å². The van der Waals surface area contributed by atoms with Gasteiger partial charge in [-0.05, 0) is 13.8 Å². The molecule has 0 bridgehead atoms. The van der Waals surface area contributed by atoms with Crippen LogP contribution in [-0.4, -0.2) is 45.8 Å². The summed E-state index contributed by atoms with van der Waals surface area (Å²) in [4.78, 5) is 15.2. The van der Waals surface area contributed by atoms with Gasteiger partial charge in [-0.15, -0.1) is 0 Å². The molecule has 7 heteroatoms. The second-order valence-electron chi connectivity index (χ2n) is 4.91. The lowest BCUT2D eigenvalue weighted by Gasteiger charge is -2.29. The molecule has 1 aliphatic heterocycles. The quantitative estimate of drug-likeness (QED) is 0.863. The van der Waals surface area contributed by atoms with Crippen molar-refractivity contribution in [3.8, 4) is 0 Å². The van der Waals surface area contributed by atoms with Crippen molar-refractivity contribution in [2.75, 3.05) is 36.9 Å². The summed E-state index contributed by atoms with van der Waals surface area (Å²) in [6.45, 7) is 7.35. The molecule has 1 saturated heterocycles. The Hall–Kier alpha value is -1.89. The van der Waals surface area contributed by atoms with Crippen LogP contribution in [0.5, 0.6) is 0 Å². The zero-order chi connectivity index (χ0) is 13.4. The first-order valence-electron chi connectivity index (χ1n) is 6.49. The van der Waals surface area contributed by atoms with E-state index in [9.17, 15) is 0 Å². The van der Waals surface area contributed by atoms with Crippen LogP contribution >= 0.6 is 0 Å². The molecule has 2 aromatic heterocycles. The van der Waals surface area contributed by atoms with E-state index >= 15 is 0 Å². The van der Waals surface area contributed by atoms with Gasteiger partial charge >= 0.3 is 0 Å². The van der Waals surface area contributed by atoms with E-state index in [1.807, 2.05) is 0 Å². The van der Waals surface area contributed by atoms with Gasteiger partial charge in [0.15, 0.2) is 17.0 Å². The summed E-state index contributed by atoms with van der Waals surface area (Å²) in [7, 11) is 0. The van der Waals surface area contributed by atoms with Crippen molar-refractivity contribution in [1.29, 1.82) is 0 Å². The number of ether oxygens (including phenoxy) is 1. The number of fused-ring (bicyclic) bond motifs is 1. The Kier molecular flexibility index (Phi) is 2.98. The van der Waals surface area contributed by atoms with Gasteiger partial charge in [0.2, 0.25) is 5.95 Å². The summed E-state index contributed by atoms with van der Waals surface area (Å²) >= 11 is 0. The van der Waals surface area contributed by atoms with Gasteiger partial charge < -0.3 is 15.4 Å². The van der Waals surface area contributed by atoms with Gasteiger partial charge in [0.1, 0.15) is 6.33 Å². The minimum atomic E-state index is 0.261. The van der Waals surface area contributed by atoms with Crippen LogP contribution in [0, 0.1) is 0 Å². The third-order valence-electron chi connectivity index (χ3n) is 3.30. The molecule has 2 aromatic rings. The molecule has 0 saturated carbocycles. The van der Waals surface area contributed by atoms with E-state index in [1.54, 1.807) is 0 Å². The van der Waals surface area contributed by atoms with E-state index in [0.29, 0.717) is 11.3 Å². The largest absolute Gasteiger partial charge is 0.382 e. The number of nitrogen functional groups attached to an aromatic ring is 1. The molecule has 102 valence electrons. The van der Waals surface area contributed by atoms with Gasteiger partial charge in [0.25, 0.3) is 0 Å². The zero-order valence-electron chi connectivity index (χ0n) is 11.2. The third kappa shape index (κ3) is 1.99. The molecule has 19 heavy (non-hydrogen) atoms. The molecule has 0 atom stereocenters. The number of imidazole rings is 1. The topological polar surface area (TPSA) is 82.1 Å². The molecule has 0 spiro atoms. The minimum Gasteiger partial charge on any atom is -0.382 e. The maximum atomic E-state index is 5.90. The molecular formula is C12H18N6O. The zero-order valence-corrected chi connectivity index (χ0v) is 11.2. The predicted molar refractivity (Wildman–Crippen MR) is 73.2 cm³/mol. The first-order chi connectivity index (χ1) is 9.18. The Balaban J connectivity index is 2.17. The average Bonchev–Trinajstić information content (AvgIpc) is 2.81. The SMILES string of the molecule is CC(C)n1c(N2CCOCC2)nc2c(N)ncnc21.